The van der Waals surface area contributed by atoms with Gasteiger partial charge in [-0.3, -0.25) is 9.59 Å². The lowest BCUT2D eigenvalue weighted by atomic mass is 10.1. The summed E-state index contributed by atoms with van der Waals surface area (Å²) in [5, 5.41) is 8.77. The van der Waals surface area contributed by atoms with Gasteiger partial charge in [-0.1, -0.05) is 30.3 Å². The molecule has 188 valence electrons. The molecule has 1 N–H and O–H groups in total. The monoisotopic (exact) mass is 503 g/mol. The van der Waals surface area contributed by atoms with Crippen LogP contribution in [0.3, 0.4) is 0 Å². The first-order valence-electron chi connectivity index (χ1n) is 11.0. The molecule has 36 heavy (non-hydrogen) atoms. The van der Waals surface area contributed by atoms with E-state index in [1.807, 2.05) is 6.07 Å². The smallest absolute Gasteiger partial charge is 0.489 e. The molecule has 0 bridgehead atoms. The van der Waals surface area contributed by atoms with Crippen LogP contribution in [0.5, 0.6) is 11.5 Å². The molecule has 0 spiro atoms. The molecule has 1 amide bonds. The maximum atomic E-state index is 14.3. The lowest BCUT2D eigenvalue weighted by Crippen LogP contribution is -2.30. The third-order valence-corrected chi connectivity index (χ3v) is 5.66. The van der Waals surface area contributed by atoms with Gasteiger partial charge in [0.05, 0.1) is 5.69 Å². The summed E-state index contributed by atoms with van der Waals surface area (Å²) in [4.78, 5) is 25.4. The van der Waals surface area contributed by atoms with Crippen LogP contribution in [0.4, 0.5) is 23.2 Å². The number of rotatable bonds is 8. The van der Waals surface area contributed by atoms with Crippen molar-refractivity contribution in [1.29, 1.82) is 0 Å². The molecular formula is C26H21F4NO5. The predicted molar refractivity (Wildman–Crippen MR) is 122 cm³/mol. The van der Waals surface area contributed by atoms with Crippen LogP contribution in [0.2, 0.25) is 0 Å². The molecule has 10 heteroatoms. The quantitative estimate of drug-likeness (QED) is 0.410. The van der Waals surface area contributed by atoms with E-state index in [1.165, 1.54) is 29.2 Å². The van der Waals surface area contributed by atoms with Crippen LogP contribution < -0.4 is 14.4 Å². The number of benzene rings is 3. The molecule has 1 aliphatic rings. The van der Waals surface area contributed by atoms with Gasteiger partial charge < -0.3 is 19.5 Å². The summed E-state index contributed by atoms with van der Waals surface area (Å²) in [7, 11) is 0. The van der Waals surface area contributed by atoms with Crippen molar-refractivity contribution in [3.63, 3.8) is 0 Å². The molecule has 3 aromatic carbocycles. The third kappa shape index (κ3) is 5.94. The highest BCUT2D eigenvalue weighted by molar-refractivity contribution is 6.08. The fraction of sp³-hybridized carbons (Fsp3) is 0.231. The number of fused-ring (bicyclic) bond motifs is 1. The normalized spacial score (nSPS) is 12.8. The first-order chi connectivity index (χ1) is 17.1. The molecule has 0 saturated carbocycles. The molecule has 1 aliphatic heterocycles. The summed E-state index contributed by atoms with van der Waals surface area (Å²) in [6.07, 6.45) is -4.46. The molecule has 0 fully saturated rings. The number of hydrogen-bond acceptors (Lipinski definition) is 4. The van der Waals surface area contributed by atoms with Gasteiger partial charge in [-0.15, -0.1) is 13.2 Å². The lowest BCUT2D eigenvalue weighted by molar-refractivity contribution is -0.274. The number of carboxylic acids is 1. The summed E-state index contributed by atoms with van der Waals surface area (Å²) in [5.41, 5.74) is 2.43. The van der Waals surface area contributed by atoms with E-state index in [0.29, 0.717) is 24.2 Å². The van der Waals surface area contributed by atoms with E-state index in [1.54, 1.807) is 18.2 Å². The minimum Gasteiger partial charge on any atom is -0.489 e. The number of carboxylic acid groups (broad SMARTS) is 1. The van der Waals surface area contributed by atoms with Crippen molar-refractivity contribution in [3.05, 3.63) is 88.7 Å². The number of para-hydroxylation sites is 1. The Kier molecular flexibility index (Phi) is 7.14. The minimum absolute atomic E-state index is 0.0120. The van der Waals surface area contributed by atoms with Crippen LogP contribution in [-0.2, 0) is 24.2 Å². The summed E-state index contributed by atoms with van der Waals surface area (Å²) >= 11 is 0. The molecule has 4 rings (SSSR count). The molecule has 6 nitrogen and oxygen atoms in total. The van der Waals surface area contributed by atoms with Crippen molar-refractivity contribution in [2.75, 3.05) is 11.4 Å². The van der Waals surface area contributed by atoms with E-state index in [-0.39, 0.29) is 36.3 Å². The second-order valence-electron chi connectivity index (χ2n) is 8.14. The van der Waals surface area contributed by atoms with E-state index in [4.69, 9.17) is 9.84 Å². The van der Waals surface area contributed by atoms with Crippen LogP contribution in [0, 0.1) is 5.82 Å². The van der Waals surface area contributed by atoms with Crippen molar-refractivity contribution in [2.45, 2.75) is 32.2 Å². The van der Waals surface area contributed by atoms with Gasteiger partial charge in [0.15, 0.2) is 0 Å². The summed E-state index contributed by atoms with van der Waals surface area (Å²) in [6, 6.07) is 14.5. The van der Waals surface area contributed by atoms with Gasteiger partial charge in [0.25, 0.3) is 5.91 Å². The molecule has 0 radical (unpaired) electrons. The predicted octanol–water partition coefficient (Wildman–Crippen LogP) is 5.52. The fourth-order valence-electron chi connectivity index (χ4n) is 4.06. The zero-order valence-corrected chi connectivity index (χ0v) is 18.8. The van der Waals surface area contributed by atoms with Gasteiger partial charge in [-0.25, -0.2) is 4.39 Å². The second kappa shape index (κ2) is 10.3. The number of alkyl halides is 3. The lowest BCUT2D eigenvalue weighted by Gasteiger charge is -2.21. The van der Waals surface area contributed by atoms with E-state index in [9.17, 15) is 27.2 Å². The molecular weight excluding hydrogens is 482 g/mol. The number of aryl methyl sites for hydroxylation is 1. The van der Waals surface area contributed by atoms with Gasteiger partial charge >= 0.3 is 12.3 Å². The number of amides is 1. The van der Waals surface area contributed by atoms with E-state index >= 15 is 0 Å². The number of carbonyl (C=O) groups is 2. The molecule has 0 aromatic heterocycles. The van der Waals surface area contributed by atoms with Crippen molar-refractivity contribution >= 4 is 17.6 Å². The number of nitrogens with zero attached hydrogens (tertiary/aromatic N) is 1. The Morgan fingerprint density at radius 2 is 1.75 bits per heavy atom. The number of ether oxygens (including phenoxy) is 2. The van der Waals surface area contributed by atoms with Gasteiger partial charge in [-0.2, -0.15) is 0 Å². The van der Waals surface area contributed by atoms with Crippen molar-refractivity contribution in [3.8, 4) is 11.5 Å². The molecule has 0 aliphatic carbocycles. The van der Waals surface area contributed by atoms with Crippen molar-refractivity contribution < 1.29 is 41.7 Å². The maximum Gasteiger partial charge on any atom is 0.573 e. The van der Waals surface area contributed by atoms with Crippen LogP contribution in [0.25, 0.3) is 0 Å². The van der Waals surface area contributed by atoms with Crippen LogP contribution in [0.1, 0.15) is 33.5 Å². The average Bonchev–Trinajstić information content (AvgIpc) is 3.25. The van der Waals surface area contributed by atoms with Gasteiger partial charge in [0, 0.05) is 30.2 Å². The van der Waals surface area contributed by atoms with Gasteiger partial charge in [0.1, 0.15) is 23.9 Å². The SMILES string of the molecule is O=C(O)CCc1ccc(OCc2cccc3c2N(C(=O)c2cccc(OC(F)(F)F)c2)CC3)cc1F. The van der Waals surface area contributed by atoms with E-state index < -0.39 is 29.8 Å². The molecule has 0 saturated heterocycles. The van der Waals surface area contributed by atoms with Gasteiger partial charge in [-0.05, 0) is 48.2 Å². The Morgan fingerprint density at radius 3 is 2.47 bits per heavy atom. The number of carbonyl (C=O) groups excluding carboxylic acids is 1. The number of aliphatic carboxylic acids is 1. The summed E-state index contributed by atoms with van der Waals surface area (Å²) in [5.74, 6) is -2.34. The Hall–Kier alpha value is -4.08. The molecule has 1 heterocycles. The highest BCUT2D eigenvalue weighted by Crippen LogP contribution is 2.34. The molecule has 0 atom stereocenters. The zero-order chi connectivity index (χ0) is 25.9. The second-order valence-corrected chi connectivity index (χ2v) is 8.14. The van der Waals surface area contributed by atoms with Crippen molar-refractivity contribution in [2.24, 2.45) is 0 Å². The van der Waals surface area contributed by atoms with Crippen molar-refractivity contribution in [1.82, 2.24) is 0 Å². The fourth-order valence-corrected chi connectivity index (χ4v) is 4.06. The highest BCUT2D eigenvalue weighted by atomic mass is 19.4. The molecule has 3 aromatic rings. The first-order valence-corrected chi connectivity index (χ1v) is 11.0. The Labute approximate surface area is 203 Å². The average molecular weight is 503 g/mol. The van der Waals surface area contributed by atoms with Crippen LogP contribution in [-0.4, -0.2) is 29.9 Å². The Balaban J connectivity index is 1.51. The third-order valence-electron chi connectivity index (χ3n) is 5.66. The Bertz CT molecular complexity index is 1290. The standard InChI is InChI=1S/C26H21F4NO5/c27-22-14-20(9-7-16(22)8-10-23(32)33)35-15-19-5-1-3-17-11-12-31(24(17)19)25(34)18-4-2-6-21(13-18)36-26(28,29)30/h1-7,9,13-14H,8,10-12,15H2,(H,32,33). The largest absolute Gasteiger partial charge is 0.573 e. The van der Waals surface area contributed by atoms with Crippen LogP contribution >= 0.6 is 0 Å². The topological polar surface area (TPSA) is 76.1 Å². The van der Waals surface area contributed by atoms with E-state index in [2.05, 4.69) is 4.74 Å². The number of halogens is 4. The highest BCUT2D eigenvalue weighted by Gasteiger charge is 2.32. The summed E-state index contributed by atoms with van der Waals surface area (Å²) < 4.78 is 61.8. The summed E-state index contributed by atoms with van der Waals surface area (Å²) in [6.45, 7) is 0.348. The number of hydrogen-bond donors (Lipinski definition) is 1. The van der Waals surface area contributed by atoms with Gasteiger partial charge in [0.2, 0.25) is 0 Å². The molecule has 0 unspecified atom stereocenters. The van der Waals surface area contributed by atoms with Crippen LogP contribution in [0.15, 0.2) is 60.7 Å². The Morgan fingerprint density at radius 1 is 0.972 bits per heavy atom. The maximum absolute atomic E-state index is 14.3. The number of anilines is 1. The zero-order valence-electron chi connectivity index (χ0n) is 18.8. The first kappa shape index (κ1) is 25.0. The van der Waals surface area contributed by atoms with E-state index in [0.717, 1.165) is 17.7 Å². The minimum atomic E-state index is -4.87.